The molecule has 1 unspecified atom stereocenters. The molecule has 6 nitrogen and oxygen atoms in total. The monoisotopic (exact) mass is 389 g/mol. The summed E-state index contributed by atoms with van der Waals surface area (Å²) in [6, 6.07) is 7.49. The van der Waals surface area contributed by atoms with Gasteiger partial charge in [-0.1, -0.05) is 23.7 Å². The average Bonchev–Trinajstić information content (AvgIpc) is 2.56. The van der Waals surface area contributed by atoms with Crippen LogP contribution in [0, 0.1) is 5.92 Å². The predicted molar refractivity (Wildman–Crippen MR) is 100 cm³/mol. The van der Waals surface area contributed by atoms with Crippen molar-refractivity contribution in [2.75, 3.05) is 20.1 Å². The van der Waals surface area contributed by atoms with Crippen LogP contribution in [-0.4, -0.2) is 48.2 Å². The summed E-state index contributed by atoms with van der Waals surface area (Å²) in [5.74, 6) is 0.0391. The third-order valence-electron chi connectivity index (χ3n) is 4.51. The number of amides is 2. The molecule has 1 fully saturated rings. The fraction of sp³-hybridized carbons (Fsp3) is 0.529. The number of carbonyl (C=O) groups is 2. The first-order valence-corrected chi connectivity index (χ1v) is 8.52. The minimum absolute atomic E-state index is 0. The molecular weight excluding hydrogens is 365 g/mol. The van der Waals surface area contributed by atoms with Gasteiger partial charge in [0.05, 0.1) is 0 Å². The van der Waals surface area contributed by atoms with Gasteiger partial charge in [-0.2, -0.15) is 0 Å². The van der Waals surface area contributed by atoms with E-state index in [-0.39, 0.29) is 36.7 Å². The summed E-state index contributed by atoms with van der Waals surface area (Å²) in [5.41, 5.74) is 1.21. The standard InChI is InChI=1S/C17H24ClN3O3.ClH/c1-19-16(22)10-15(20-17(23)24)13-6-8-21(9-7-13)11-12-2-4-14(18)5-3-12;/h2-5,13,15,20H,6-11H2,1H3,(H,19,22)(H,23,24);1H. The molecule has 1 saturated heterocycles. The van der Waals surface area contributed by atoms with Crippen molar-refractivity contribution < 1.29 is 14.7 Å². The highest BCUT2D eigenvalue weighted by Crippen LogP contribution is 2.24. The van der Waals surface area contributed by atoms with Gasteiger partial charge in [0.2, 0.25) is 5.91 Å². The van der Waals surface area contributed by atoms with Gasteiger partial charge in [0.1, 0.15) is 0 Å². The van der Waals surface area contributed by atoms with Crippen LogP contribution < -0.4 is 10.6 Å². The molecule has 3 N–H and O–H groups in total. The molecule has 0 aliphatic carbocycles. The van der Waals surface area contributed by atoms with E-state index in [0.717, 1.165) is 37.5 Å². The number of piperidine rings is 1. The lowest BCUT2D eigenvalue weighted by Gasteiger charge is -2.35. The zero-order valence-electron chi connectivity index (χ0n) is 14.2. The molecule has 1 atom stereocenters. The second-order valence-electron chi connectivity index (χ2n) is 6.17. The van der Waals surface area contributed by atoms with Crippen LogP contribution in [0.2, 0.25) is 5.02 Å². The summed E-state index contributed by atoms with van der Waals surface area (Å²) in [4.78, 5) is 25.0. The van der Waals surface area contributed by atoms with E-state index in [0.29, 0.717) is 0 Å². The first kappa shape index (κ1) is 21.5. The third kappa shape index (κ3) is 7.10. The quantitative estimate of drug-likeness (QED) is 0.698. The highest BCUT2D eigenvalue weighted by atomic mass is 35.5. The van der Waals surface area contributed by atoms with Gasteiger partial charge in [-0.05, 0) is 49.5 Å². The first-order valence-electron chi connectivity index (χ1n) is 8.14. The molecule has 1 aliphatic heterocycles. The zero-order valence-corrected chi connectivity index (χ0v) is 15.8. The van der Waals surface area contributed by atoms with Crippen LogP contribution in [0.25, 0.3) is 0 Å². The normalized spacial score (nSPS) is 16.6. The molecule has 0 saturated carbocycles. The Morgan fingerprint density at radius 2 is 1.88 bits per heavy atom. The fourth-order valence-electron chi connectivity index (χ4n) is 3.16. The Morgan fingerprint density at radius 3 is 2.40 bits per heavy atom. The van der Waals surface area contributed by atoms with Crippen LogP contribution in [0.1, 0.15) is 24.8 Å². The molecule has 1 heterocycles. The first-order chi connectivity index (χ1) is 11.5. The van der Waals surface area contributed by atoms with E-state index < -0.39 is 6.09 Å². The van der Waals surface area contributed by atoms with Crippen molar-refractivity contribution in [3.63, 3.8) is 0 Å². The molecule has 0 spiro atoms. The minimum Gasteiger partial charge on any atom is -0.465 e. The second-order valence-corrected chi connectivity index (χ2v) is 6.61. The van der Waals surface area contributed by atoms with Crippen molar-refractivity contribution >= 4 is 36.0 Å². The van der Waals surface area contributed by atoms with Crippen LogP contribution >= 0.6 is 24.0 Å². The van der Waals surface area contributed by atoms with Gasteiger partial charge >= 0.3 is 6.09 Å². The molecule has 1 aromatic rings. The zero-order chi connectivity index (χ0) is 17.5. The minimum atomic E-state index is -1.08. The molecule has 0 aromatic heterocycles. The third-order valence-corrected chi connectivity index (χ3v) is 4.77. The van der Waals surface area contributed by atoms with E-state index in [1.165, 1.54) is 5.56 Å². The Labute approximate surface area is 159 Å². The number of carboxylic acid groups (broad SMARTS) is 1. The average molecular weight is 390 g/mol. The van der Waals surface area contributed by atoms with E-state index >= 15 is 0 Å². The van der Waals surface area contributed by atoms with Crippen molar-refractivity contribution in [1.29, 1.82) is 0 Å². The van der Waals surface area contributed by atoms with Gasteiger partial charge in [0, 0.05) is 31.1 Å². The van der Waals surface area contributed by atoms with E-state index in [4.69, 9.17) is 16.7 Å². The van der Waals surface area contributed by atoms with Crippen molar-refractivity contribution in [2.45, 2.75) is 31.8 Å². The van der Waals surface area contributed by atoms with Crippen LogP contribution in [0.4, 0.5) is 4.79 Å². The Kier molecular flexibility index (Phi) is 9.03. The summed E-state index contributed by atoms with van der Waals surface area (Å²) < 4.78 is 0. The van der Waals surface area contributed by atoms with Gasteiger partial charge in [0.15, 0.2) is 0 Å². The Hall–Kier alpha value is -1.50. The Bertz CT molecular complexity index is 561. The van der Waals surface area contributed by atoms with Crippen molar-refractivity contribution in [1.82, 2.24) is 15.5 Å². The lowest BCUT2D eigenvalue weighted by Crippen LogP contribution is -2.46. The number of nitrogens with one attached hydrogen (secondary N) is 2. The smallest absolute Gasteiger partial charge is 0.404 e. The number of likely N-dealkylation sites (tertiary alicyclic amines) is 1. The molecule has 8 heteroatoms. The molecule has 0 bridgehead atoms. The fourth-order valence-corrected chi connectivity index (χ4v) is 3.28. The summed E-state index contributed by atoms with van der Waals surface area (Å²) in [5, 5.41) is 14.8. The molecule has 0 radical (unpaired) electrons. The Balaban J connectivity index is 0.00000312. The number of hydrogen-bond acceptors (Lipinski definition) is 3. The number of benzene rings is 1. The number of nitrogens with zero attached hydrogens (tertiary/aromatic N) is 1. The highest BCUT2D eigenvalue weighted by molar-refractivity contribution is 6.30. The van der Waals surface area contributed by atoms with Crippen molar-refractivity contribution in [3.05, 3.63) is 34.9 Å². The maximum absolute atomic E-state index is 11.6. The molecular formula is C17H25Cl2N3O3. The molecule has 1 aliphatic rings. The van der Waals surface area contributed by atoms with E-state index in [9.17, 15) is 9.59 Å². The van der Waals surface area contributed by atoms with E-state index in [1.54, 1.807) is 7.05 Å². The van der Waals surface area contributed by atoms with Gasteiger partial charge in [-0.15, -0.1) is 12.4 Å². The lowest BCUT2D eigenvalue weighted by molar-refractivity contribution is -0.121. The Morgan fingerprint density at radius 1 is 1.28 bits per heavy atom. The number of carbonyl (C=O) groups excluding carboxylic acids is 1. The number of rotatable bonds is 6. The van der Waals surface area contributed by atoms with Crippen LogP contribution in [-0.2, 0) is 11.3 Å². The highest BCUT2D eigenvalue weighted by Gasteiger charge is 2.29. The van der Waals surface area contributed by atoms with Gasteiger partial charge in [-0.3, -0.25) is 9.69 Å². The number of halogens is 2. The summed E-state index contributed by atoms with van der Waals surface area (Å²) in [7, 11) is 1.56. The van der Waals surface area contributed by atoms with Crippen LogP contribution in [0.3, 0.4) is 0 Å². The number of hydrogen-bond donors (Lipinski definition) is 3. The molecule has 25 heavy (non-hydrogen) atoms. The predicted octanol–water partition coefficient (Wildman–Crippen LogP) is 2.75. The maximum atomic E-state index is 11.6. The van der Waals surface area contributed by atoms with Crippen LogP contribution in [0.5, 0.6) is 0 Å². The molecule has 2 amide bonds. The molecule has 1 aromatic carbocycles. The summed E-state index contributed by atoms with van der Waals surface area (Å²) >= 11 is 5.90. The van der Waals surface area contributed by atoms with E-state index in [1.807, 2.05) is 24.3 Å². The SMILES string of the molecule is CNC(=O)CC(NC(=O)O)C1CCN(Cc2ccc(Cl)cc2)CC1.Cl. The summed E-state index contributed by atoms with van der Waals surface area (Å²) in [6.45, 7) is 2.63. The maximum Gasteiger partial charge on any atom is 0.404 e. The van der Waals surface area contributed by atoms with E-state index in [2.05, 4.69) is 15.5 Å². The topological polar surface area (TPSA) is 81.7 Å². The summed E-state index contributed by atoms with van der Waals surface area (Å²) in [6.07, 6.45) is 0.850. The lowest BCUT2D eigenvalue weighted by atomic mass is 9.87. The van der Waals surface area contributed by atoms with Gasteiger partial charge < -0.3 is 15.7 Å². The van der Waals surface area contributed by atoms with Crippen LogP contribution in [0.15, 0.2) is 24.3 Å². The van der Waals surface area contributed by atoms with Crippen molar-refractivity contribution in [3.8, 4) is 0 Å². The van der Waals surface area contributed by atoms with Gasteiger partial charge in [-0.25, -0.2) is 4.79 Å². The largest absolute Gasteiger partial charge is 0.465 e. The molecule has 2 rings (SSSR count). The van der Waals surface area contributed by atoms with Crippen molar-refractivity contribution in [2.24, 2.45) is 5.92 Å². The second kappa shape index (κ2) is 10.5. The van der Waals surface area contributed by atoms with Gasteiger partial charge in [0.25, 0.3) is 0 Å². The molecule has 140 valence electrons.